The normalized spacial score (nSPS) is 32.6. The molecule has 2 fully saturated rings. The molecule has 2 aliphatic rings. The van der Waals surface area contributed by atoms with Crippen molar-refractivity contribution in [1.82, 2.24) is 5.32 Å². The van der Waals surface area contributed by atoms with Crippen LogP contribution in [-0.4, -0.2) is 18.6 Å². The molecule has 19 heavy (non-hydrogen) atoms. The molecule has 1 aliphatic carbocycles. The molecule has 3 rings (SSSR count). The molecule has 1 saturated carbocycles. The van der Waals surface area contributed by atoms with E-state index in [9.17, 15) is 0 Å². The zero-order chi connectivity index (χ0) is 13.2. The van der Waals surface area contributed by atoms with Crippen LogP contribution >= 0.6 is 11.6 Å². The lowest BCUT2D eigenvalue weighted by Crippen LogP contribution is -2.44. The molecule has 3 heteroatoms. The van der Waals surface area contributed by atoms with Crippen molar-refractivity contribution in [2.75, 3.05) is 6.54 Å². The number of benzene rings is 1. The minimum atomic E-state index is 0.224. The van der Waals surface area contributed by atoms with E-state index < -0.39 is 0 Å². The Bertz CT molecular complexity index is 429. The molecule has 1 aromatic rings. The van der Waals surface area contributed by atoms with E-state index in [0.29, 0.717) is 12.0 Å². The average molecular weight is 279 g/mol. The fourth-order valence-corrected chi connectivity index (χ4v) is 4.04. The van der Waals surface area contributed by atoms with E-state index in [4.69, 9.17) is 17.3 Å². The predicted molar refractivity (Wildman–Crippen MR) is 80.5 cm³/mol. The lowest BCUT2D eigenvalue weighted by molar-refractivity contribution is 0.271. The third-order valence-electron chi connectivity index (χ3n) is 4.89. The van der Waals surface area contributed by atoms with Crippen LogP contribution in [0, 0.1) is 5.92 Å². The largest absolute Gasteiger partial charge is 0.326 e. The van der Waals surface area contributed by atoms with E-state index in [-0.39, 0.29) is 6.04 Å². The van der Waals surface area contributed by atoms with Gasteiger partial charge in [-0.1, -0.05) is 43.0 Å². The molecule has 1 saturated heterocycles. The molecule has 104 valence electrons. The quantitative estimate of drug-likeness (QED) is 0.871. The zero-order valence-corrected chi connectivity index (χ0v) is 12.1. The number of nitrogens with two attached hydrogens (primary N) is 1. The molecular formula is C16H23ClN2. The number of nitrogens with one attached hydrogen (secondary N) is 1. The van der Waals surface area contributed by atoms with Gasteiger partial charge in [-0.05, 0) is 36.5 Å². The van der Waals surface area contributed by atoms with Crippen LogP contribution in [-0.2, 0) is 0 Å². The highest BCUT2D eigenvalue weighted by atomic mass is 35.5. The van der Waals surface area contributed by atoms with E-state index in [2.05, 4.69) is 17.4 Å². The van der Waals surface area contributed by atoms with E-state index in [1.54, 1.807) is 0 Å². The third kappa shape index (κ3) is 2.81. The summed E-state index contributed by atoms with van der Waals surface area (Å²) >= 11 is 6.09. The van der Waals surface area contributed by atoms with Crippen LogP contribution < -0.4 is 11.1 Å². The van der Waals surface area contributed by atoms with Crippen LogP contribution in [0.25, 0.3) is 0 Å². The van der Waals surface area contributed by atoms with Crippen LogP contribution in [0.2, 0.25) is 5.02 Å². The molecule has 1 aromatic carbocycles. The maximum Gasteiger partial charge on any atom is 0.0408 e. The molecule has 0 amide bonds. The summed E-state index contributed by atoms with van der Waals surface area (Å²) in [6.45, 7) is 0.989. The van der Waals surface area contributed by atoms with Gasteiger partial charge < -0.3 is 11.1 Å². The third-order valence-corrected chi connectivity index (χ3v) is 5.12. The molecule has 0 radical (unpaired) electrons. The number of hydrogen-bond acceptors (Lipinski definition) is 2. The topological polar surface area (TPSA) is 38.0 Å². The van der Waals surface area contributed by atoms with Crippen molar-refractivity contribution < 1.29 is 0 Å². The highest BCUT2D eigenvalue weighted by Crippen LogP contribution is 2.35. The van der Waals surface area contributed by atoms with Crippen LogP contribution in [0.4, 0.5) is 0 Å². The van der Waals surface area contributed by atoms with Crippen LogP contribution in [0.5, 0.6) is 0 Å². The minimum absolute atomic E-state index is 0.224. The van der Waals surface area contributed by atoms with Gasteiger partial charge in [-0.25, -0.2) is 0 Å². The van der Waals surface area contributed by atoms with Gasteiger partial charge in [0.15, 0.2) is 0 Å². The summed E-state index contributed by atoms with van der Waals surface area (Å²) in [6, 6.07) is 8.89. The Morgan fingerprint density at radius 3 is 2.68 bits per heavy atom. The van der Waals surface area contributed by atoms with Gasteiger partial charge in [0, 0.05) is 29.6 Å². The SMILES string of the molecule is NC1C(c2cccc(Cl)c2)CNC1C1CCCCC1. The van der Waals surface area contributed by atoms with Gasteiger partial charge >= 0.3 is 0 Å². The first-order valence-corrected chi connectivity index (χ1v) is 7.88. The van der Waals surface area contributed by atoms with Gasteiger partial charge in [0.1, 0.15) is 0 Å². The first kappa shape index (κ1) is 13.4. The summed E-state index contributed by atoms with van der Waals surface area (Å²) in [7, 11) is 0. The molecule has 2 nitrogen and oxygen atoms in total. The highest BCUT2D eigenvalue weighted by molar-refractivity contribution is 6.30. The fourth-order valence-electron chi connectivity index (χ4n) is 3.84. The molecule has 1 heterocycles. The number of rotatable bonds is 2. The van der Waals surface area contributed by atoms with Crippen LogP contribution in [0.3, 0.4) is 0 Å². The Hall–Kier alpha value is -0.570. The van der Waals surface area contributed by atoms with Gasteiger partial charge in [-0.2, -0.15) is 0 Å². The summed E-state index contributed by atoms with van der Waals surface area (Å²) < 4.78 is 0. The van der Waals surface area contributed by atoms with Crippen molar-refractivity contribution in [3.8, 4) is 0 Å². The Morgan fingerprint density at radius 2 is 1.95 bits per heavy atom. The fraction of sp³-hybridized carbons (Fsp3) is 0.625. The van der Waals surface area contributed by atoms with Gasteiger partial charge in [-0.15, -0.1) is 0 Å². The summed E-state index contributed by atoms with van der Waals surface area (Å²) in [5.41, 5.74) is 7.81. The second kappa shape index (κ2) is 5.82. The van der Waals surface area contributed by atoms with Crippen LogP contribution in [0.15, 0.2) is 24.3 Å². The van der Waals surface area contributed by atoms with Crippen molar-refractivity contribution in [2.45, 2.75) is 50.1 Å². The lowest BCUT2D eigenvalue weighted by atomic mass is 9.79. The first-order chi connectivity index (χ1) is 9.25. The van der Waals surface area contributed by atoms with E-state index >= 15 is 0 Å². The lowest BCUT2D eigenvalue weighted by Gasteiger charge is -2.31. The molecule has 3 unspecified atom stereocenters. The molecule has 0 bridgehead atoms. The second-order valence-electron chi connectivity index (χ2n) is 6.07. The standard InChI is InChI=1S/C16H23ClN2/c17-13-8-4-7-12(9-13)14-10-19-16(15(14)18)11-5-2-1-3-6-11/h4,7-9,11,14-16,19H,1-3,5-6,10,18H2. The van der Waals surface area contributed by atoms with Gasteiger partial charge in [0.05, 0.1) is 0 Å². The maximum atomic E-state index is 6.53. The van der Waals surface area contributed by atoms with Gasteiger partial charge in [-0.3, -0.25) is 0 Å². The minimum Gasteiger partial charge on any atom is -0.326 e. The summed E-state index contributed by atoms with van der Waals surface area (Å²) in [5, 5.41) is 4.49. The zero-order valence-electron chi connectivity index (χ0n) is 11.3. The molecule has 3 N–H and O–H groups in total. The molecular weight excluding hydrogens is 256 g/mol. The monoisotopic (exact) mass is 278 g/mol. The molecule has 3 atom stereocenters. The summed E-state index contributed by atoms with van der Waals surface area (Å²) in [4.78, 5) is 0. The summed E-state index contributed by atoms with van der Waals surface area (Å²) in [5.74, 6) is 1.18. The van der Waals surface area contributed by atoms with Crippen molar-refractivity contribution in [3.63, 3.8) is 0 Å². The van der Waals surface area contributed by atoms with E-state index in [1.807, 2.05) is 12.1 Å². The Kier molecular flexibility index (Phi) is 4.11. The Balaban J connectivity index is 1.72. The van der Waals surface area contributed by atoms with Crippen LogP contribution in [0.1, 0.15) is 43.6 Å². The number of halogens is 1. The molecule has 0 aromatic heterocycles. The second-order valence-corrected chi connectivity index (χ2v) is 6.51. The van der Waals surface area contributed by atoms with Crippen molar-refractivity contribution in [1.29, 1.82) is 0 Å². The predicted octanol–water partition coefficient (Wildman–Crippen LogP) is 3.30. The Morgan fingerprint density at radius 1 is 1.16 bits per heavy atom. The molecule has 1 aliphatic heterocycles. The number of hydrogen-bond donors (Lipinski definition) is 2. The van der Waals surface area contributed by atoms with E-state index in [0.717, 1.165) is 17.5 Å². The highest BCUT2D eigenvalue weighted by Gasteiger charge is 2.38. The smallest absolute Gasteiger partial charge is 0.0408 e. The molecule has 0 spiro atoms. The van der Waals surface area contributed by atoms with Gasteiger partial charge in [0.2, 0.25) is 0 Å². The van der Waals surface area contributed by atoms with Crippen molar-refractivity contribution in [3.05, 3.63) is 34.9 Å². The van der Waals surface area contributed by atoms with E-state index in [1.165, 1.54) is 37.7 Å². The average Bonchev–Trinajstić information content (AvgIpc) is 2.81. The maximum absolute atomic E-state index is 6.53. The first-order valence-electron chi connectivity index (χ1n) is 7.50. The van der Waals surface area contributed by atoms with Crippen molar-refractivity contribution in [2.24, 2.45) is 11.7 Å². The Labute approximate surface area is 120 Å². The van der Waals surface area contributed by atoms with Gasteiger partial charge in [0.25, 0.3) is 0 Å². The van der Waals surface area contributed by atoms with Crippen molar-refractivity contribution >= 4 is 11.6 Å². The summed E-state index contributed by atoms with van der Waals surface area (Å²) in [6.07, 6.45) is 6.83.